The first kappa shape index (κ1) is 25.2. The lowest BCUT2D eigenvalue weighted by atomic mass is 10.0. The number of amides is 4. The molecule has 4 rings (SSSR count). The molecule has 1 fully saturated rings. The molecule has 37 heavy (non-hydrogen) atoms. The highest BCUT2D eigenvalue weighted by Gasteiger charge is 2.37. The Balaban J connectivity index is 1.58. The monoisotopic (exact) mass is 504 g/mol. The van der Waals surface area contributed by atoms with Crippen LogP contribution in [0.25, 0.3) is 6.08 Å². The van der Waals surface area contributed by atoms with Gasteiger partial charge in [-0.05, 0) is 66.9 Å². The van der Waals surface area contributed by atoms with Crippen LogP contribution in [0.15, 0.2) is 58.5 Å². The number of benzene rings is 2. The number of esters is 1. The van der Waals surface area contributed by atoms with E-state index in [1.807, 2.05) is 13.0 Å². The van der Waals surface area contributed by atoms with Crippen LogP contribution in [0.1, 0.15) is 33.0 Å². The number of furan rings is 1. The number of anilines is 1. The van der Waals surface area contributed by atoms with Crippen LogP contribution in [0.4, 0.5) is 10.5 Å². The molecule has 0 spiro atoms. The number of aryl methyl sites for hydroxylation is 1. The number of barbiturate groups is 1. The molecule has 1 aliphatic rings. The molecule has 2 aromatic carbocycles. The number of ether oxygens (including phenoxy) is 3. The van der Waals surface area contributed by atoms with Crippen molar-refractivity contribution >= 4 is 35.6 Å². The van der Waals surface area contributed by atoms with Crippen LogP contribution in [0, 0.1) is 13.8 Å². The van der Waals surface area contributed by atoms with Gasteiger partial charge in [0.05, 0.1) is 19.9 Å². The quantitative estimate of drug-likeness (QED) is 0.292. The number of carbonyl (C=O) groups is 4. The summed E-state index contributed by atoms with van der Waals surface area (Å²) in [5, 5.41) is 2.23. The normalized spacial score (nSPS) is 14.5. The fourth-order valence-electron chi connectivity index (χ4n) is 3.73. The van der Waals surface area contributed by atoms with Gasteiger partial charge in [-0.2, -0.15) is 0 Å². The second kappa shape index (κ2) is 10.4. The zero-order valence-corrected chi connectivity index (χ0v) is 20.6. The first-order valence-corrected chi connectivity index (χ1v) is 11.2. The first-order valence-electron chi connectivity index (χ1n) is 11.2. The van der Waals surface area contributed by atoms with Gasteiger partial charge in [0.1, 0.15) is 17.9 Å². The molecule has 10 nitrogen and oxygen atoms in total. The minimum atomic E-state index is -0.810. The van der Waals surface area contributed by atoms with Gasteiger partial charge in [-0.3, -0.25) is 14.9 Å². The van der Waals surface area contributed by atoms with E-state index >= 15 is 0 Å². The number of hydrogen-bond donors (Lipinski definition) is 1. The molecule has 0 radical (unpaired) electrons. The maximum Gasteiger partial charge on any atom is 0.373 e. The largest absolute Gasteiger partial charge is 0.493 e. The van der Waals surface area contributed by atoms with Gasteiger partial charge in [-0.15, -0.1) is 0 Å². The molecule has 0 aliphatic carbocycles. The Hall–Kier alpha value is -4.86. The number of imide groups is 2. The lowest BCUT2D eigenvalue weighted by Crippen LogP contribution is -2.54. The fourth-order valence-corrected chi connectivity index (χ4v) is 3.73. The average Bonchev–Trinajstić information content (AvgIpc) is 3.36. The number of rotatable bonds is 7. The van der Waals surface area contributed by atoms with Crippen molar-refractivity contribution in [1.82, 2.24) is 5.32 Å². The van der Waals surface area contributed by atoms with Gasteiger partial charge in [0.15, 0.2) is 11.5 Å². The molecule has 0 saturated carbocycles. The molecular formula is C27H24N2O8. The summed E-state index contributed by atoms with van der Waals surface area (Å²) in [6.45, 7) is 3.68. The van der Waals surface area contributed by atoms with Crippen molar-refractivity contribution in [2.75, 3.05) is 19.1 Å². The van der Waals surface area contributed by atoms with Crippen LogP contribution in [0.3, 0.4) is 0 Å². The van der Waals surface area contributed by atoms with E-state index < -0.39 is 23.8 Å². The number of carbonyl (C=O) groups excluding carboxylic acids is 4. The SMILES string of the molecule is COC(=O)c1ccc(COc2ccc(C=C3C(=O)NC(=O)N(c4cccc(C)c4C)C3=O)cc2OC)o1. The molecule has 1 aliphatic heterocycles. The molecule has 1 saturated heterocycles. The summed E-state index contributed by atoms with van der Waals surface area (Å²) in [5.41, 5.74) is 2.32. The van der Waals surface area contributed by atoms with Crippen LogP contribution in [-0.4, -0.2) is 38.0 Å². The van der Waals surface area contributed by atoms with Crippen molar-refractivity contribution in [3.05, 3.63) is 82.3 Å². The van der Waals surface area contributed by atoms with E-state index in [2.05, 4.69) is 10.1 Å². The molecule has 10 heteroatoms. The topological polar surface area (TPSA) is 124 Å². The summed E-state index contributed by atoms with van der Waals surface area (Å²) in [4.78, 5) is 50.8. The molecule has 1 N–H and O–H groups in total. The standard InChI is InChI=1S/C27H24N2O8/c1-15-6-5-7-20(16(15)2)29-25(31)19(24(30)28-27(29)33)12-17-8-10-21(23(13-17)34-3)36-14-18-9-11-22(37-18)26(32)35-4/h5-13H,14H2,1-4H3,(H,28,30,33). The van der Waals surface area contributed by atoms with Gasteiger partial charge >= 0.3 is 12.0 Å². The van der Waals surface area contributed by atoms with E-state index in [4.69, 9.17) is 13.9 Å². The highest BCUT2D eigenvalue weighted by Crippen LogP contribution is 2.31. The highest BCUT2D eigenvalue weighted by atomic mass is 16.5. The minimum absolute atomic E-state index is 0.0155. The van der Waals surface area contributed by atoms with E-state index in [1.165, 1.54) is 26.4 Å². The minimum Gasteiger partial charge on any atom is -0.493 e. The van der Waals surface area contributed by atoms with Crippen molar-refractivity contribution in [1.29, 1.82) is 0 Å². The van der Waals surface area contributed by atoms with Gasteiger partial charge < -0.3 is 18.6 Å². The molecule has 3 aromatic rings. The summed E-state index contributed by atoms with van der Waals surface area (Å²) in [7, 11) is 2.70. The summed E-state index contributed by atoms with van der Waals surface area (Å²) < 4.78 is 21.2. The summed E-state index contributed by atoms with van der Waals surface area (Å²) >= 11 is 0. The average molecular weight is 504 g/mol. The Morgan fingerprint density at radius 3 is 2.54 bits per heavy atom. The molecule has 190 valence electrons. The van der Waals surface area contributed by atoms with E-state index in [-0.39, 0.29) is 17.9 Å². The summed E-state index contributed by atoms with van der Waals surface area (Å²) in [6, 6.07) is 12.3. The highest BCUT2D eigenvalue weighted by molar-refractivity contribution is 6.39. The molecule has 4 amide bonds. The van der Waals surface area contributed by atoms with E-state index in [9.17, 15) is 19.2 Å². The van der Waals surface area contributed by atoms with Gasteiger partial charge in [0, 0.05) is 0 Å². The number of nitrogens with zero attached hydrogens (tertiary/aromatic N) is 1. The third-order valence-corrected chi connectivity index (χ3v) is 5.84. The van der Waals surface area contributed by atoms with Crippen LogP contribution in [0.5, 0.6) is 11.5 Å². The predicted molar refractivity (Wildman–Crippen MR) is 132 cm³/mol. The van der Waals surface area contributed by atoms with E-state index in [0.717, 1.165) is 16.0 Å². The van der Waals surface area contributed by atoms with Crippen molar-refractivity contribution in [3.8, 4) is 11.5 Å². The van der Waals surface area contributed by atoms with Crippen LogP contribution in [0.2, 0.25) is 0 Å². The Bertz CT molecular complexity index is 1440. The van der Waals surface area contributed by atoms with Crippen LogP contribution < -0.4 is 19.7 Å². The molecule has 1 aromatic heterocycles. The van der Waals surface area contributed by atoms with Crippen molar-refractivity contribution < 1.29 is 37.8 Å². The lowest BCUT2D eigenvalue weighted by molar-refractivity contribution is -0.122. The number of hydrogen-bond acceptors (Lipinski definition) is 8. The van der Waals surface area contributed by atoms with Crippen molar-refractivity contribution in [2.24, 2.45) is 0 Å². The smallest absolute Gasteiger partial charge is 0.373 e. The van der Waals surface area contributed by atoms with Gasteiger partial charge in [-0.1, -0.05) is 18.2 Å². The third-order valence-electron chi connectivity index (χ3n) is 5.84. The molecule has 0 atom stereocenters. The Labute approximate surface area is 212 Å². The zero-order chi connectivity index (χ0) is 26.7. The Morgan fingerprint density at radius 2 is 1.81 bits per heavy atom. The molecule has 2 heterocycles. The van der Waals surface area contributed by atoms with Gasteiger partial charge in [0.2, 0.25) is 5.76 Å². The maximum atomic E-state index is 13.2. The second-order valence-electron chi connectivity index (χ2n) is 8.13. The first-order chi connectivity index (χ1) is 17.7. The summed E-state index contributed by atoms with van der Waals surface area (Å²) in [5.74, 6) is -0.975. The molecular weight excluding hydrogens is 480 g/mol. The van der Waals surface area contributed by atoms with Gasteiger partial charge in [-0.25, -0.2) is 14.5 Å². The lowest BCUT2D eigenvalue weighted by Gasteiger charge is -2.28. The Morgan fingerprint density at radius 1 is 1.03 bits per heavy atom. The van der Waals surface area contributed by atoms with Crippen LogP contribution in [-0.2, 0) is 20.9 Å². The third kappa shape index (κ3) is 5.08. The second-order valence-corrected chi connectivity index (χ2v) is 8.13. The maximum absolute atomic E-state index is 13.2. The Kier molecular flexibility index (Phi) is 7.10. The molecule has 0 bridgehead atoms. The number of urea groups is 1. The fraction of sp³-hybridized carbons (Fsp3) is 0.185. The van der Waals surface area contributed by atoms with E-state index in [1.54, 1.807) is 43.3 Å². The predicted octanol–water partition coefficient (Wildman–Crippen LogP) is 3.94. The van der Waals surface area contributed by atoms with Gasteiger partial charge in [0.25, 0.3) is 11.8 Å². The zero-order valence-electron chi connectivity index (χ0n) is 20.6. The van der Waals surface area contributed by atoms with E-state index in [0.29, 0.717) is 28.5 Å². The van der Waals surface area contributed by atoms with Crippen molar-refractivity contribution in [2.45, 2.75) is 20.5 Å². The van der Waals surface area contributed by atoms with Crippen molar-refractivity contribution in [3.63, 3.8) is 0 Å². The molecule has 0 unspecified atom stereocenters. The number of methoxy groups -OCH3 is 2. The van der Waals surface area contributed by atoms with Crippen LogP contribution >= 0.6 is 0 Å². The number of nitrogens with one attached hydrogen (secondary N) is 1. The summed E-state index contributed by atoms with van der Waals surface area (Å²) in [6.07, 6.45) is 1.38.